The fourth-order valence-electron chi connectivity index (χ4n) is 2.40. The van der Waals surface area contributed by atoms with E-state index in [0.29, 0.717) is 0 Å². The number of hydrogen-bond acceptors (Lipinski definition) is 5. The summed E-state index contributed by atoms with van der Waals surface area (Å²) in [5, 5.41) is 7.13. The van der Waals surface area contributed by atoms with Gasteiger partial charge in [-0.15, -0.1) is 11.3 Å². The van der Waals surface area contributed by atoms with Crippen molar-refractivity contribution in [1.29, 1.82) is 0 Å². The Hall–Kier alpha value is -2.66. The van der Waals surface area contributed by atoms with Crippen molar-refractivity contribution in [2.45, 2.75) is 6.92 Å². The van der Waals surface area contributed by atoms with Crippen LogP contribution in [0.4, 0.5) is 10.9 Å². The largest absolute Gasteiger partial charge is 0.454 e. The number of benzene rings is 1. The predicted molar refractivity (Wildman–Crippen MR) is 89.6 cm³/mol. The van der Waals surface area contributed by atoms with E-state index in [1.54, 1.807) is 6.20 Å². The summed E-state index contributed by atoms with van der Waals surface area (Å²) in [6.45, 7) is 2.06. The van der Waals surface area contributed by atoms with Crippen LogP contribution in [0.1, 0.15) is 5.56 Å². The van der Waals surface area contributed by atoms with Crippen LogP contribution in [0.2, 0.25) is 0 Å². The maximum Gasteiger partial charge on any atom is 0.188 e. The van der Waals surface area contributed by atoms with Crippen LogP contribution >= 0.6 is 11.3 Å². The van der Waals surface area contributed by atoms with Crippen molar-refractivity contribution in [3.63, 3.8) is 0 Å². The van der Waals surface area contributed by atoms with E-state index in [0.717, 1.165) is 38.9 Å². The molecule has 0 amide bonds. The van der Waals surface area contributed by atoms with Crippen LogP contribution in [0.25, 0.3) is 22.4 Å². The van der Waals surface area contributed by atoms with Gasteiger partial charge in [0.15, 0.2) is 10.9 Å². The summed E-state index contributed by atoms with van der Waals surface area (Å²) < 4.78 is 5.95. The maximum absolute atomic E-state index is 5.95. The quantitative estimate of drug-likeness (QED) is 0.578. The van der Waals surface area contributed by atoms with E-state index in [1.165, 1.54) is 11.3 Å². The second-order valence-corrected chi connectivity index (χ2v) is 5.79. The second-order valence-electron chi connectivity index (χ2n) is 4.93. The molecule has 0 aliphatic carbocycles. The van der Waals surface area contributed by atoms with E-state index in [4.69, 9.17) is 4.42 Å². The predicted octanol–water partition coefficient (Wildman–Crippen LogP) is 5.00. The molecule has 4 aromatic rings. The average Bonchev–Trinajstić information content (AvgIpc) is 3.14. The normalized spacial score (nSPS) is 11.0. The van der Waals surface area contributed by atoms with Crippen LogP contribution in [0.3, 0.4) is 0 Å². The highest BCUT2D eigenvalue weighted by molar-refractivity contribution is 7.14. The van der Waals surface area contributed by atoms with Gasteiger partial charge < -0.3 is 9.73 Å². The summed E-state index contributed by atoms with van der Waals surface area (Å²) >= 11 is 1.54. The standard InChI is InChI=1S/C17H13N3OS/c1-11-12-6-2-3-7-14(12)21-16(11)13-10-22-17(19-13)20-15-8-4-5-9-18-15/h2-10H,1H3,(H,18,19,20). The highest BCUT2D eigenvalue weighted by Crippen LogP contribution is 2.34. The fourth-order valence-corrected chi connectivity index (χ4v) is 3.10. The van der Waals surface area contributed by atoms with Gasteiger partial charge in [0.25, 0.3) is 0 Å². The molecule has 0 aliphatic heterocycles. The van der Waals surface area contributed by atoms with Gasteiger partial charge in [-0.25, -0.2) is 9.97 Å². The summed E-state index contributed by atoms with van der Waals surface area (Å²) in [5.74, 6) is 1.61. The lowest BCUT2D eigenvalue weighted by molar-refractivity contribution is 0.627. The molecule has 3 heterocycles. The van der Waals surface area contributed by atoms with E-state index >= 15 is 0 Å². The van der Waals surface area contributed by atoms with Crippen molar-refractivity contribution < 1.29 is 4.42 Å². The number of nitrogens with zero attached hydrogens (tertiary/aromatic N) is 2. The summed E-state index contributed by atoms with van der Waals surface area (Å²) in [6.07, 6.45) is 1.75. The first-order chi connectivity index (χ1) is 10.8. The fraction of sp³-hybridized carbons (Fsp3) is 0.0588. The molecule has 0 bridgehead atoms. The molecule has 0 fully saturated rings. The molecule has 0 radical (unpaired) electrons. The zero-order valence-electron chi connectivity index (χ0n) is 11.9. The third-order valence-corrected chi connectivity index (χ3v) is 4.24. The number of nitrogens with one attached hydrogen (secondary N) is 1. The van der Waals surface area contributed by atoms with E-state index < -0.39 is 0 Å². The van der Waals surface area contributed by atoms with Gasteiger partial charge in [-0.3, -0.25) is 0 Å². The number of para-hydroxylation sites is 1. The first kappa shape index (κ1) is 13.0. The number of furan rings is 1. The van der Waals surface area contributed by atoms with Gasteiger partial charge in [0, 0.05) is 22.5 Å². The molecule has 4 nitrogen and oxygen atoms in total. The number of aryl methyl sites for hydroxylation is 1. The van der Waals surface area contributed by atoms with E-state index in [1.807, 2.05) is 41.8 Å². The summed E-state index contributed by atoms with van der Waals surface area (Å²) in [4.78, 5) is 8.85. The minimum atomic E-state index is 0.782. The van der Waals surface area contributed by atoms with Crippen molar-refractivity contribution in [3.05, 3.63) is 59.6 Å². The molecule has 1 aromatic carbocycles. The number of aromatic nitrogens is 2. The molecule has 0 unspecified atom stereocenters. The smallest absolute Gasteiger partial charge is 0.188 e. The van der Waals surface area contributed by atoms with Crippen LogP contribution in [0, 0.1) is 6.92 Å². The molecule has 0 saturated heterocycles. The van der Waals surface area contributed by atoms with Gasteiger partial charge >= 0.3 is 0 Å². The monoisotopic (exact) mass is 307 g/mol. The highest BCUT2D eigenvalue weighted by atomic mass is 32.1. The van der Waals surface area contributed by atoms with Crippen LogP contribution in [0.5, 0.6) is 0 Å². The van der Waals surface area contributed by atoms with Gasteiger partial charge in [0.2, 0.25) is 0 Å². The molecule has 1 N–H and O–H groups in total. The van der Waals surface area contributed by atoms with Gasteiger partial charge in [0.1, 0.15) is 17.1 Å². The van der Waals surface area contributed by atoms with Crippen LogP contribution in [-0.2, 0) is 0 Å². The molecule has 5 heteroatoms. The summed E-state index contributed by atoms with van der Waals surface area (Å²) in [6, 6.07) is 13.8. The third-order valence-electron chi connectivity index (χ3n) is 3.48. The lowest BCUT2D eigenvalue weighted by Gasteiger charge is -1.99. The van der Waals surface area contributed by atoms with Crippen molar-refractivity contribution in [3.8, 4) is 11.5 Å². The number of anilines is 2. The second kappa shape index (κ2) is 5.27. The maximum atomic E-state index is 5.95. The van der Waals surface area contributed by atoms with Crippen LogP contribution in [0.15, 0.2) is 58.5 Å². The highest BCUT2D eigenvalue weighted by Gasteiger charge is 2.15. The number of hydrogen-bond donors (Lipinski definition) is 1. The number of pyridine rings is 1. The lowest BCUT2D eigenvalue weighted by Crippen LogP contribution is -1.91. The minimum absolute atomic E-state index is 0.782. The molecule has 4 rings (SSSR count). The lowest BCUT2D eigenvalue weighted by atomic mass is 10.1. The topological polar surface area (TPSA) is 51.0 Å². The Bertz CT molecular complexity index is 927. The number of rotatable bonds is 3. The molecule has 0 spiro atoms. The Kier molecular flexibility index (Phi) is 3.12. The molecular formula is C17H13N3OS. The third kappa shape index (κ3) is 2.25. The molecule has 0 aliphatic rings. The van der Waals surface area contributed by atoms with Gasteiger partial charge in [0.05, 0.1) is 0 Å². The molecule has 108 valence electrons. The number of thiazole rings is 1. The van der Waals surface area contributed by atoms with Crippen LogP contribution < -0.4 is 5.32 Å². The zero-order valence-corrected chi connectivity index (χ0v) is 12.7. The summed E-state index contributed by atoms with van der Waals surface area (Å²) in [7, 11) is 0. The average molecular weight is 307 g/mol. The summed E-state index contributed by atoms with van der Waals surface area (Å²) in [5.41, 5.74) is 2.85. The number of fused-ring (bicyclic) bond motifs is 1. The Morgan fingerprint density at radius 2 is 1.95 bits per heavy atom. The minimum Gasteiger partial charge on any atom is -0.454 e. The van der Waals surface area contributed by atoms with Crippen molar-refractivity contribution in [2.75, 3.05) is 5.32 Å². The molecule has 0 saturated carbocycles. The molecule has 22 heavy (non-hydrogen) atoms. The van der Waals surface area contributed by atoms with Gasteiger partial charge in [-0.2, -0.15) is 0 Å². The van der Waals surface area contributed by atoms with E-state index in [2.05, 4.69) is 28.3 Å². The SMILES string of the molecule is Cc1c(-c2csc(Nc3ccccn3)n2)oc2ccccc12. The Balaban J connectivity index is 1.69. The van der Waals surface area contributed by atoms with Gasteiger partial charge in [-0.1, -0.05) is 24.3 Å². The van der Waals surface area contributed by atoms with Crippen molar-refractivity contribution in [1.82, 2.24) is 9.97 Å². The van der Waals surface area contributed by atoms with E-state index in [-0.39, 0.29) is 0 Å². The molecule has 0 atom stereocenters. The molecule has 3 aromatic heterocycles. The van der Waals surface area contributed by atoms with E-state index in [9.17, 15) is 0 Å². The Morgan fingerprint density at radius 1 is 1.09 bits per heavy atom. The van der Waals surface area contributed by atoms with Gasteiger partial charge in [-0.05, 0) is 25.1 Å². The Morgan fingerprint density at radius 3 is 2.77 bits per heavy atom. The zero-order chi connectivity index (χ0) is 14.9. The first-order valence-corrected chi connectivity index (χ1v) is 7.81. The van der Waals surface area contributed by atoms with Crippen LogP contribution in [-0.4, -0.2) is 9.97 Å². The Labute approximate surface area is 131 Å². The van der Waals surface area contributed by atoms with Crippen molar-refractivity contribution in [2.24, 2.45) is 0 Å². The first-order valence-electron chi connectivity index (χ1n) is 6.93. The molecular weight excluding hydrogens is 294 g/mol. The van der Waals surface area contributed by atoms with Crippen molar-refractivity contribution >= 4 is 33.3 Å².